The molecular formula is C25H37N3O4. The van der Waals surface area contributed by atoms with Crippen LogP contribution < -0.4 is 4.74 Å². The van der Waals surface area contributed by atoms with Gasteiger partial charge in [-0.1, -0.05) is 25.5 Å². The molecule has 0 N–H and O–H groups in total. The molecule has 0 bridgehead atoms. The maximum atomic E-state index is 13.5. The molecule has 0 atom stereocenters. The minimum atomic E-state index is -0.219. The third-order valence-corrected chi connectivity index (χ3v) is 6.42. The van der Waals surface area contributed by atoms with Gasteiger partial charge < -0.3 is 19.3 Å². The molecule has 7 nitrogen and oxygen atoms in total. The number of hydrogen-bond acceptors (Lipinski definition) is 6. The first-order valence-electron chi connectivity index (χ1n) is 11.7. The number of carbonyl (C=O) groups is 2. The van der Waals surface area contributed by atoms with Crippen molar-refractivity contribution < 1.29 is 19.1 Å². The predicted molar refractivity (Wildman–Crippen MR) is 125 cm³/mol. The number of hydrogen-bond donors (Lipinski definition) is 0. The van der Waals surface area contributed by atoms with E-state index in [1.165, 1.54) is 4.90 Å². The first-order valence-corrected chi connectivity index (χ1v) is 11.7. The van der Waals surface area contributed by atoms with Gasteiger partial charge in [0.1, 0.15) is 11.4 Å². The fourth-order valence-electron chi connectivity index (χ4n) is 4.35. The number of amides is 2. The largest absolute Gasteiger partial charge is 0.497 e. The Morgan fingerprint density at radius 3 is 2.31 bits per heavy atom. The van der Waals surface area contributed by atoms with Gasteiger partial charge in [0.05, 0.1) is 12.7 Å². The number of nitrogens with zero attached hydrogens (tertiary/aromatic N) is 3. The lowest BCUT2D eigenvalue weighted by Crippen LogP contribution is -2.43. The van der Waals surface area contributed by atoms with Crippen molar-refractivity contribution in [2.45, 2.75) is 45.1 Å². The quantitative estimate of drug-likeness (QED) is 0.387. The van der Waals surface area contributed by atoms with Crippen LogP contribution in [0.5, 0.6) is 5.75 Å². The van der Waals surface area contributed by atoms with E-state index in [9.17, 15) is 9.59 Å². The maximum Gasteiger partial charge on any atom is 0.277 e. The second kappa shape index (κ2) is 11.5. The first kappa shape index (κ1) is 24.3. The molecule has 0 saturated carbocycles. The van der Waals surface area contributed by atoms with E-state index in [4.69, 9.17) is 9.47 Å². The lowest BCUT2D eigenvalue weighted by molar-refractivity contribution is -0.137. The van der Waals surface area contributed by atoms with Gasteiger partial charge in [0, 0.05) is 32.8 Å². The Morgan fingerprint density at radius 2 is 1.69 bits per heavy atom. The fraction of sp³-hybridized carbons (Fsp3) is 0.600. The van der Waals surface area contributed by atoms with Gasteiger partial charge in [0.15, 0.2) is 0 Å². The normalized spacial score (nSPS) is 18.1. The van der Waals surface area contributed by atoms with Crippen LogP contribution in [-0.2, 0) is 14.3 Å². The smallest absolute Gasteiger partial charge is 0.277 e. The van der Waals surface area contributed by atoms with Gasteiger partial charge in [-0.15, -0.1) is 0 Å². The highest BCUT2D eigenvalue weighted by atomic mass is 16.5. The number of benzene rings is 1. The second-order valence-electron chi connectivity index (χ2n) is 8.68. The van der Waals surface area contributed by atoms with Gasteiger partial charge in [0.25, 0.3) is 11.8 Å². The van der Waals surface area contributed by atoms with Gasteiger partial charge in [-0.25, -0.2) is 0 Å². The van der Waals surface area contributed by atoms with E-state index in [-0.39, 0.29) is 17.9 Å². The zero-order valence-electron chi connectivity index (χ0n) is 19.9. The molecule has 176 valence electrons. The molecule has 32 heavy (non-hydrogen) atoms. The molecule has 1 aromatic carbocycles. The van der Waals surface area contributed by atoms with Crippen molar-refractivity contribution in [3.05, 3.63) is 35.5 Å². The fourth-order valence-corrected chi connectivity index (χ4v) is 4.35. The van der Waals surface area contributed by atoms with Crippen molar-refractivity contribution in [3.63, 3.8) is 0 Å². The Balaban J connectivity index is 1.81. The van der Waals surface area contributed by atoms with E-state index < -0.39 is 0 Å². The highest BCUT2D eigenvalue weighted by molar-refractivity contribution is 6.35. The van der Waals surface area contributed by atoms with Crippen LogP contribution in [0.1, 0.15) is 44.6 Å². The lowest BCUT2D eigenvalue weighted by Gasteiger charge is -2.36. The molecule has 2 amide bonds. The Morgan fingerprint density at radius 1 is 1.03 bits per heavy atom. The average Bonchev–Trinajstić information content (AvgIpc) is 3.06. The number of likely N-dealkylation sites (tertiary alicyclic amines) is 1. The monoisotopic (exact) mass is 443 g/mol. The average molecular weight is 444 g/mol. The minimum Gasteiger partial charge on any atom is -0.497 e. The van der Waals surface area contributed by atoms with Gasteiger partial charge in [-0.2, -0.15) is 0 Å². The molecule has 0 aromatic heterocycles. The summed E-state index contributed by atoms with van der Waals surface area (Å²) in [5, 5.41) is 0. The summed E-state index contributed by atoms with van der Waals surface area (Å²) in [6.45, 7) is 5.74. The van der Waals surface area contributed by atoms with Crippen LogP contribution in [-0.4, -0.2) is 86.6 Å². The summed E-state index contributed by atoms with van der Waals surface area (Å²) < 4.78 is 10.9. The summed E-state index contributed by atoms with van der Waals surface area (Å²) in [7, 11) is 5.69. The van der Waals surface area contributed by atoms with Crippen molar-refractivity contribution in [3.8, 4) is 5.75 Å². The third kappa shape index (κ3) is 5.51. The van der Waals surface area contributed by atoms with Crippen molar-refractivity contribution in [1.29, 1.82) is 0 Å². The second-order valence-corrected chi connectivity index (χ2v) is 8.68. The molecule has 2 aliphatic rings. The molecule has 0 unspecified atom stereocenters. The van der Waals surface area contributed by atoms with Gasteiger partial charge >= 0.3 is 0 Å². The summed E-state index contributed by atoms with van der Waals surface area (Å²) in [5.74, 6) is 0.303. The van der Waals surface area contributed by atoms with E-state index in [0.717, 1.165) is 56.7 Å². The van der Waals surface area contributed by atoms with Crippen LogP contribution >= 0.6 is 0 Å². The summed E-state index contributed by atoms with van der Waals surface area (Å²) in [6, 6.07) is 7.62. The van der Waals surface area contributed by atoms with E-state index in [1.54, 1.807) is 7.11 Å². The molecule has 0 spiro atoms. The maximum absolute atomic E-state index is 13.5. The number of likely N-dealkylation sites (N-methyl/N-ethyl adjacent to an activating group) is 1. The van der Waals surface area contributed by atoms with Crippen LogP contribution in [0.2, 0.25) is 0 Å². The molecule has 2 aliphatic heterocycles. The molecule has 1 fully saturated rings. The lowest BCUT2D eigenvalue weighted by atomic mass is 10.00. The van der Waals surface area contributed by atoms with Crippen LogP contribution in [0.25, 0.3) is 5.57 Å². The van der Waals surface area contributed by atoms with Crippen LogP contribution in [0.3, 0.4) is 0 Å². The minimum absolute atomic E-state index is 0.198. The number of ether oxygens (including phenoxy) is 2. The predicted octanol–water partition coefficient (Wildman–Crippen LogP) is 3.01. The topological polar surface area (TPSA) is 62.3 Å². The van der Waals surface area contributed by atoms with Crippen molar-refractivity contribution in [1.82, 2.24) is 14.7 Å². The van der Waals surface area contributed by atoms with Crippen molar-refractivity contribution in [2.24, 2.45) is 0 Å². The van der Waals surface area contributed by atoms with E-state index in [1.807, 2.05) is 36.2 Å². The number of methoxy groups -OCH3 is 1. The number of rotatable bonds is 11. The van der Waals surface area contributed by atoms with Crippen molar-refractivity contribution in [2.75, 3.05) is 54.1 Å². The first-order chi connectivity index (χ1) is 15.5. The molecule has 3 rings (SSSR count). The third-order valence-electron chi connectivity index (χ3n) is 6.42. The van der Waals surface area contributed by atoms with Crippen molar-refractivity contribution >= 4 is 17.4 Å². The highest BCUT2D eigenvalue weighted by Crippen LogP contribution is 2.34. The van der Waals surface area contributed by atoms with E-state index >= 15 is 0 Å². The number of unbranched alkanes of at least 4 members (excludes halogenated alkanes) is 1. The van der Waals surface area contributed by atoms with E-state index in [0.29, 0.717) is 30.8 Å². The van der Waals surface area contributed by atoms with Crippen LogP contribution in [0.4, 0.5) is 0 Å². The number of piperidine rings is 1. The van der Waals surface area contributed by atoms with Crippen LogP contribution in [0.15, 0.2) is 30.0 Å². The number of carbonyl (C=O) groups excluding carboxylic acids is 2. The molecule has 0 aliphatic carbocycles. The molecule has 1 aromatic rings. The zero-order chi connectivity index (χ0) is 23.1. The number of imide groups is 1. The Kier molecular flexibility index (Phi) is 8.70. The summed E-state index contributed by atoms with van der Waals surface area (Å²) in [6.07, 6.45) is 4.70. The SMILES string of the molecule is CCCCOCCCN1C(=O)C(c2ccc(OC)cc2)=C(N(C)C2CCN(C)CC2)C1=O. The molecular weight excluding hydrogens is 406 g/mol. The van der Waals surface area contributed by atoms with Crippen LogP contribution in [0, 0.1) is 0 Å². The molecule has 0 radical (unpaired) electrons. The molecule has 2 heterocycles. The Labute approximate surface area is 191 Å². The summed E-state index contributed by atoms with van der Waals surface area (Å²) >= 11 is 0. The summed E-state index contributed by atoms with van der Waals surface area (Å²) in [4.78, 5) is 32.6. The standard InChI is InChI=1S/C25H37N3O4/c1-5-6-17-32-18-7-14-28-24(29)22(19-8-10-21(31-4)11-9-19)23(25(28)30)27(3)20-12-15-26(2)16-13-20/h8-11,20H,5-7,12-18H2,1-4H3. The molecule has 1 saturated heterocycles. The van der Waals surface area contributed by atoms with Gasteiger partial charge in [0.2, 0.25) is 0 Å². The van der Waals surface area contributed by atoms with Gasteiger partial charge in [-0.05, 0) is 63.5 Å². The highest BCUT2D eigenvalue weighted by Gasteiger charge is 2.42. The zero-order valence-corrected chi connectivity index (χ0v) is 19.9. The summed E-state index contributed by atoms with van der Waals surface area (Å²) in [5.41, 5.74) is 1.76. The Hall–Kier alpha value is -2.38. The Bertz CT molecular complexity index is 813. The van der Waals surface area contributed by atoms with E-state index in [2.05, 4.69) is 18.9 Å². The molecule has 7 heteroatoms. The van der Waals surface area contributed by atoms with Gasteiger partial charge in [-0.3, -0.25) is 14.5 Å².